The molecule has 0 spiro atoms. The van der Waals surface area contributed by atoms with E-state index in [0.29, 0.717) is 0 Å². The van der Waals surface area contributed by atoms with Gasteiger partial charge in [0, 0.05) is 37.5 Å². The number of ether oxygens (including phenoxy) is 2. The summed E-state index contributed by atoms with van der Waals surface area (Å²) >= 11 is 0. The lowest BCUT2D eigenvalue weighted by Crippen LogP contribution is -2.47. The number of benzene rings is 1. The predicted octanol–water partition coefficient (Wildman–Crippen LogP) is 2.98. The second-order valence-corrected chi connectivity index (χ2v) is 6.08. The van der Waals surface area contributed by atoms with Crippen LogP contribution in [0, 0.1) is 0 Å². The van der Waals surface area contributed by atoms with Crippen molar-refractivity contribution in [3.8, 4) is 5.75 Å². The first kappa shape index (κ1) is 16.1. The van der Waals surface area contributed by atoms with Crippen LogP contribution >= 0.6 is 0 Å². The van der Waals surface area contributed by atoms with Gasteiger partial charge in [-0.1, -0.05) is 6.07 Å². The van der Waals surface area contributed by atoms with Gasteiger partial charge in [0.05, 0.1) is 12.7 Å². The van der Waals surface area contributed by atoms with Gasteiger partial charge in [-0.15, -0.1) is 0 Å². The third kappa shape index (κ3) is 3.33. The maximum atomic E-state index is 5.73. The molecule has 4 heteroatoms. The number of nitrogens with one attached hydrogen (secondary N) is 1. The summed E-state index contributed by atoms with van der Waals surface area (Å²) < 4.78 is 11.3. The second kappa shape index (κ2) is 6.67. The van der Waals surface area contributed by atoms with Gasteiger partial charge < -0.3 is 19.7 Å². The Kier molecular flexibility index (Phi) is 5.12. The summed E-state index contributed by atoms with van der Waals surface area (Å²) in [5.41, 5.74) is 2.41. The van der Waals surface area contributed by atoms with E-state index in [1.165, 1.54) is 11.3 Å². The van der Waals surface area contributed by atoms with Gasteiger partial charge >= 0.3 is 0 Å². The van der Waals surface area contributed by atoms with Crippen molar-refractivity contribution < 1.29 is 9.47 Å². The van der Waals surface area contributed by atoms with E-state index in [0.717, 1.165) is 31.7 Å². The average molecular weight is 292 g/mol. The fourth-order valence-corrected chi connectivity index (χ4v) is 3.14. The van der Waals surface area contributed by atoms with E-state index in [-0.39, 0.29) is 11.6 Å². The fraction of sp³-hybridized carbons (Fsp3) is 0.647. The minimum absolute atomic E-state index is 0.0680. The molecule has 118 valence electrons. The Morgan fingerprint density at radius 3 is 2.71 bits per heavy atom. The van der Waals surface area contributed by atoms with Crippen molar-refractivity contribution >= 4 is 5.69 Å². The maximum absolute atomic E-state index is 5.73. The number of nitrogens with zero attached hydrogens (tertiary/aromatic N) is 1. The van der Waals surface area contributed by atoms with E-state index >= 15 is 0 Å². The van der Waals surface area contributed by atoms with Crippen molar-refractivity contribution in [2.24, 2.45) is 0 Å². The lowest BCUT2D eigenvalue weighted by molar-refractivity contribution is -0.00470. The Morgan fingerprint density at radius 2 is 2.10 bits per heavy atom. The molecule has 1 saturated heterocycles. The largest absolute Gasteiger partial charge is 0.496 e. The number of hydrogen-bond acceptors (Lipinski definition) is 4. The minimum atomic E-state index is -0.0680. The van der Waals surface area contributed by atoms with Gasteiger partial charge in [-0.05, 0) is 45.9 Å². The molecule has 1 N–H and O–H groups in total. The van der Waals surface area contributed by atoms with Crippen molar-refractivity contribution in [1.29, 1.82) is 0 Å². The molecule has 1 aliphatic heterocycles. The molecule has 0 saturated carbocycles. The van der Waals surface area contributed by atoms with Crippen LogP contribution in [0.1, 0.15) is 38.3 Å². The zero-order valence-corrected chi connectivity index (χ0v) is 13.9. The van der Waals surface area contributed by atoms with Crippen LogP contribution in [0.2, 0.25) is 0 Å². The molecule has 0 aromatic heterocycles. The van der Waals surface area contributed by atoms with Crippen LogP contribution in [0.15, 0.2) is 18.2 Å². The molecule has 21 heavy (non-hydrogen) atoms. The van der Waals surface area contributed by atoms with Gasteiger partial charge in [0.2, 0.25) is 0 Å². The zero-order valence-electron chi connectivity index (χ0n) is 13.9. The number of piperidine rings is 1. The molecule has 1 heterocycles. The zero-order chi connectivity index (χ0) is 15.5. The Balaban J connectivity index is 2.38. The smallest absolute Gasteiger partial charge is 0.125 e. The van der Waals surface area contributed by atoms with Crippen molar-refractivity contribution in [2.45, 2.75) is 38.3 Å². The number of methoxy groups -OCH3 is 2. The van der Waals surface area contributed by atoms with Crippen LogP contribution in [-0.4, -0.2) is 40.0 Å². The van der Waals surface area contributed by atoms with E-state index in [9.17, 15) is 0 Å². The molecule has 0 radical (unpaired) electrons. The van der Waals surface area contributed by atoms with Crippen LogP contribution in [-0.2, 0) is 4.74 Å². The van der Waals surface area contributed by atoms with Crippen LogP contribution in [0.25, 0.3) is 0 Å². The number of hydrogen-bond donors (Lipinski definition) is 1. The van der Waals surface area contributed by atoms with Crippen molar-refractivity contribution in [1.82, 2.24) is 5.32 Å². The molecule has 2 unspecified atom stereocenters. The Bertz CT molecular complexity index is 478. The first-order chi connectivity index (χ1) is 10.0. The van der Waals surface area contributed by atoms with E-state index < -0.39 is 0 Å². The predicted molar refractivity (Wildman–Crippen MR) is 87.3 cm³/mol. The molecule has 1 fully saturated rings. The summed E-state index contributed by atoms with van der Waals surface area (Å²) in [4.78, 5) is 2.43. The van der Waals surface area contributed by atoms with Gasteiger partial charge in [-0.3, -0.25) is 0 Å². The monoisotopic (exact) mass is 292 g/mol. The molecular formula is C17H28N2O2. The van der Waals surface area contributed by atoms with Crippen molar-refractivity contribution in [3.05, 3.63) is 23.8 Å². The average Bonchev–Trinajstić information content (AvgIpc) is 2.53. The quantitative estimate of drug-likeness (QED) is 0.904. The standard InChI is InChI=1S/C17H28N2O2/c1-13(18-3)16-14(8-6-9-15(16)20-4)19-11-7-10-17(2,12-19)21-5/h6,8-9,13,18H,7,10-12H2,1-5H3. The highest BCUT2D eigenvalue weighted by Crippen LogP contribution is 2.37. The van der Waals surface area contributed by atoms with Crippen LogP contribution in [0.3, 0.4) is 0 Å². The maximum Gasteiger partial charge on any atom is 0.125 e. The van der Waals surface area contributed by atoms with Crippen molar-refractivity contribution in [3.63, 3.8) is 0 Å². The van der Waals surface area contributed by atoms with Gasteiger partial charge in [0.15, 0.2) is 0 Å². The topological polar surface area (TPSA) is 33.7 Å². The lowest BCUT2D eigenvalue weighted by Gasteiger charge is -2.42. The fourth-order valence-electron chi connectivity index (χ4n) is 3.14. The lowest BCUT2D eigenvalue weighted by atomic mass is 9.93. The molecule has 0 amide bonds. The van der Waals surface area contributed by atoms with E-state index in [1.807, 2.05) is 20.2 Å². The molecule has 0 bridgehead atoms. The third-order valence-corrected chi connectivity index (χ3v) is 4.62. The minimum Gasteiger partial charge on any atom is -0.496 e. The number of rotatable bonds is 5. The highest BCUT2D eigenvalue weighted by molar-refractivity contribution is 5.61. The second-order valence-electron chi connectivity index (χ2n) is 6.08. The van der Waals surface area contributed by atoms with E-state index in [1.54, 1.807) is 7.11 Å². The molecule has 1 aromatic carbocycles. The van der Waals surface area contributed by atoms with Crippen LogP contribution < -0.4 is 15.0 Å². The van der Waals surface area contributed by atoms with Gasteiger partial charge in [0.1, 0.15) is 5.75 Å². The molecule has 1 aliphatic rings. The molecular weight excluding hydrogens is 264 g/mol. The van der Waals surface area contributed by atoms with Gasteiger partial charge in [-0.2, -0.15) is 0 Å². The summed E-state index contributed by atoms with van der Waals surface area (Å²) in [7, 11) is 5.53. The summed E-state index contributed by atoms with van der Waals surface area (Å²) in [5, 5.41) is 3.33. The first-order valence-corrected chi connectivity index (χ1v) is 7.69. The normalized spacial score (nSPS) is 24.0. The number of anilines is 1. The van der Waals surface area contributed by atoms with E-state index in [4.69, 9.17) is 9.47 Å². The highest BCUT2D eigenvalue weighted by Gasteiger charge is 2.32. The molecule has 0 aliphatic carbocycles. The molecule has 1 aromatic rings. The third-order valence-electron chi connectivity index (χ3n) is 4.62. The Labute approximate surface area is 128 Å². The summed E-state index contributed by atoms with van der Waals surface area (Å²) in [6.07, 6.45) is 2.26. The van der Waals surface area contributed by atoms with Gasteiger partial charge in [-0.25, -0.2) is 0 Å². The summed E-state index contributed by atoms with van der Waals surface area (Å²) in [5.74, 6) is 0.944. The summed E-state index contributed by atoms with van der Waals surface area (Å²) in [6, 6.07) is 6.53. The van der Waals surface area contributed by atoms with Crippen LogP contribution in [0.4, 0.5) is 5.69 Å². The van der Waals surface area contributed by atoms with E-state index in [2.05, 4.69) is 36.2 Å². The van der Waals surface area contributed by atoms with Gasteiger partial charge in [0.25, 0.3) is 0 Å². The first-order valence-electron chi connectivity index (χ1n) is 7.69. The summed E-state index contributed by atoms with van der Waals surface area (Å²) in [6.45, 7) is 6.34. The SMILES string of the molecule is CNC(C)c1c(OC)cccc1N1CCCC(C)(OC)C1. The molecule has 2 atom stereocenters. The molecule has 2 rings (SSSR count). The Morgan fingerprint density at radius 1 is 1.33 bits per heavy atom. The molecule has 4 nitrogen and oxygen atoms in total. The van der Waals surface area contributed by atoms with Crippen molar-refractivity contribution in [2.75, 3.05) is 39.3 Å². The Hall–Kier alpha value is -1.26. The van der Waals surface area contributed by atoms with Crippen LogP contribution in [0.5, 0.6) is 5.75 Å². The highest BCUT2D eigenvalue weighted by atomic mass is 16.5.